The molecule has 0 N–H and O–H groups in total. The Bertz CT molecular complexity index is 649. The summed E-state index contributed by atoms with van der Waals surface area (Å²) in [4.78, 5) is 11.5. The Morgan fingerprint density at radius 2 is 2.09 bits per heavy atom. The highest BCUT2D eigenvalue weighted by Crippen LogP contribution is 2.28. The first-order chi connectivity index (χ1) is 10.8. The number of likely N-dealkylation sites (tertiary alicyclic amines) is 1. The molecule has 1 atom stereocenters. The zero-order valence-corrected chi connectivity index (χ0v) is 13.5. The molecule has 0 saturated carbocycles. The summed E-state index contributed by atoms with van der Waals surface area (Å²) in [5.74, 6) is 0. The molecule has 2 aliphatic rings. The number of aromatic nitrogens is 3. The van der Waals surface area contributed by atoms with Gasteiger partial charge in [-0.1, -0.05) is 11.6 Å². The first-order valence-corrected chi connectivity index (χ1v) is 8.55. The quantitative estimate of drug-likeness (QED) is 0.871. The van der Waals surface area contributed by atoms with Crippen molar-refractivity contribution in [2.75, 3.05) is 13.1 Å². The van der Waals surface area contributed by atoms with Gasteiger partial charge >= 0.3 is 0 Å². The van der Waals surface area contributed by atoms with Gasteiger partial charge in [0.15, 0.2) is 0 Å². The van der Waals surface area contributed by atoms with Crippen LogP contribution < -0.4 is 0 Å². The predicted octanol–water partition coefficient (Wildman–Crippen LogP) is 3.26. The van der Waals surface area contributed by atoms with Crippen LogP contribution in [0.15, 0.2) is 24.7 Å². The van der Waals surface area contributed by atoms with E-state index in [-0.39, 0.29) is 0 Å². The summed E-state index contributed by atoms with van der Waals surface area (Å²) < 4.78 is 2.45. The number of nitrogens with zero attached hydrogens (tertiary/aromatic N) is 4. The number of halogens is 1. The minimum Gasteiger partial charge on any atom is -0.330 e. The van der Waals surface area contributed by atoms with E-state index in [9.17, 15) is 0 Å². The summed E-state index contributed by atoms with van der Waals surface area (Å²) in [6.45, 7) is 3.12. The van der Waals surface area contributed by atoms with Crippen molar-refractivity contribution in [1.82, 2.24) is 19.4 Å². The van der Waals surface area contributed by atoms with Crippen molar-refractivity contribution < 1.29 is 0 Å². The smallest absolute Gasteiger partial charge is 0.0954 e. The first kappa shape index (κ1) is 14.2. The Balaban J connectivity index is 1.44. The second-order valence-electron chi connectivity index (χ2n) is 6.40. The second kappa shape index (κ2) is 6.01. The fraction of sp³-hybridized carbons (Fsp3) is 0.529. The maximum Gasteiger partial charge on any atom is 0.0954 e. The molecular formula is C17H21ClN4. The third-order valence-corrected chi connectivity index (χ3v) is 5.10. The average Bonchev–Trinajstić information content (AvgIpc) is 3.16. The van der Waals surface area contributed by atoms with Crippen molar-refractivity contribution >= 4 is 11.6 Å². The van der Waals surface area contributed by atoms with E-state index in [1.807, 2.05) is 12.1 Å². The van der Waals surface area contributed by atoms with Crippen LogP contribution in [0, 0.1) is 0 Å². The number of fused-ring (bicyclic) bond motifs is 1. The maximum atomic E-state index is 5.90. The van der Waals surface area contributed by atoms with E-state index in [4.69, 9.17) is 11.6 Å². The van der Waals surface area contributed by atoms with Crippen molar-refractivity contribution in [1.29, 1.82) is 0 Å². The van der Waals surface area contributed by atoms with E-state index in [0.717, 1.165) is 31.7 Å². The first-order valence-electron chi connectivity index (χ1n) is 8.17. The Morgan fingerprint density at radius 1 is 1.18 bits per heavy atom. The van der Waals surface area contributed by atoms with Gasteiger partial charge in [0.1, 0.15) is 0 Å². The van der Waals surface area contributed by atoms with Gasteiger partial charge in [0.2, 0.25) is 0 Å². The number of aryl methyl sites for hydroxylation is 1. The molecule has 2 aromatic heterocycles. The zero-order chi connectivity index (χ0) is 14.9. The lowest BCUT2D eigenvalue weighted by atomic mass is 10.0. The fourth-order valence-electron chi connectivity index (χ4n) is 3.72. The van der Waals surface area contributed by atoms with Crippen LogP contribution in [0.3, 0.4) is 0 Å². The van der Waals surface area contributed by atoms with Crippen LogP contribution in [0.5, 0.6) is 0 Å². The Hall–Kier alpha value is -1.39. The molecular weight excluding hydrogens is 296 g/mol. The molecule has 22 heavy (non-hydrogen) atoms. The molecule has 1 aliphatic carbocycles. The lowest BCUT2D eigenvalue weighted by Crippen LogP contribution is -2.22. The van der Waals surface area contributed by atoms with Gasteiger partial charge in [0, 0.05) is 37.6 Å². The average molecular weight is 317 g/mol. The van der Waals surface area contributed by atoms with Crippen molar-refractivity contribution in [2.45, 2.75) is 44.7 Å². The third-order valence-electron chi connectivity index (χ3n) is 4.88. The molecule has 1 fully saturated rings. The molecule has 2 aromatic rings. The number of imidazole rings is 1. The summed E-state index contributed by atoms with van der Waals surface area (Å²) in [6, 6.07) is 4.51. The Morgan fingerprint density at radius 3 is 2.95 bits per heavy atom. The summed E-state index contributed by atoms with van der Waals surface area (Å²) >= 11 is 5.90. The van der Waals surface area contributed by atoms with Gasteiger partial charge in [-0.15, -0.1) is 0 Å². The third kappa shape index (κ3) is 2.77. The Kier molecular flexibility index (Phi) is 3.89. The molecule has 1 aliphatic heterocycles. The molecule has 0 spiro atoms. The standard InChI is InChI=1S/C17H21ClN4/c18-13-5-6-14(19-9-13)10-21-8-7-15(11-21)22-12-20-16-3-1-2-4-17(16)22/h5-6,9,12,15H,1-4,7-8,10-11H2/t15-/m0/s1. The number of rotatable bonds is 3. The highest BCUT2D eigenvalue weighted by Gasteiger charge is 2.27. The van der Waals surface area contributed by atoms with Gasteiger partial charge in [0.05, 0.1) is 22.7 Å². The van der Waals surface area contributed by atoms with Gasteiger partial charge in [-0.25, -0.2) is 4.98 Å². The SMILES string of the molecule is Clc1ccc(CN2CC[C@H](n3cnc4c3CCCC4)C2)nc1. The highest BCUT2D eigenvalue weighted by molar-refractivity contribution is 6.30. The molecule has 3 heterocycles. The monoisotopic (exact) mass is 316 g/mol. The molecule has 1 saturated heterocycles. The topological polar surface area (TPSA) is 34.0 Å². The van der Waals surface area contributed by atoms with Gasteiger partial charge in [-0.2, -0.15) is 0 Å². The molecule has 4 nitrogen and oxygen atoms in total. The molecule has 0 amide bonds. The van der Waals surface area contributed by atoms with Gasteiger partial charge < -0.3 is 4.57 Å². The lowest BCUT2D eigenvalue weighted by Gasteiger charge is -2.20. The van der Waals surface area contributed by atoms with Crippen LogP contribution in [-0.2, 0) is 19.4 Å². The van der Waals surface area contributed by atoms with Crippen LogP contribution in [-0.4, -0.2) is 32.5 Å². The van der Waals surface area contributed by atoms with E-state index in [0.29, 0.717) is 11.1 Å². The molecule has 0 aromatic carbocycles. The minimum atomic E-state index is 0.571. The molecule has 0 bridgehead atoms. The second-order valence-corrected chi connectivity index (χ2v) is 6.83. The molecule has 116 valence electrons. The summed E-state index contributed by atoms with van der Waals surface area (Å²) in [5, 5.41) is 0.702. The molecule has 0 radical (unpaired) electrons. The maximum absolute atomic E-state index is 5.90. The van der Waals surface area contributed by atoms with Crippen LogP contribution in [0.25, 0.3) is 0 Å². The number of pyridine rings is 1. The minimum absolute atomic E-state index is 0.571. The zero-order valence-electron chi connectivity index (χ0n) is 12.7. The summed E-state index contributed by atoms with van der Waals surface area (Å²) in [6.07, 6.45) is 9.97. The lowest BCUT2D eigenvalue weighted by molar-refractivity contribution is 0.311. The largest absolute Gasteiger partial charge is 0.330 e. The number of hydrogen-bond acceptors (Lipinski definition) is 3. The molecule has 0 unspecified atom stereocenters. The van der Waals surface area contributed by atoms with Crippen LogP contribution >= 0.6 is 11.6 Å². The van der Waals surface area contributed by atoms with Gasteiger partial charge in [0.25, 0.3) is 0 Å². The predicted molar refractivity (Wildman–Crippen MR) is 87.0 cm³/mol. The molecule has 4 rings (SSSR count). The van der Waals surface area contributed by atoms with E-state index >= 15 is 0 Å². The van der Waals surface area contributed by atoms with E-state index in [1.165, 1.54) is 37.1 Å². The highest BCUT2D eigenvalue weighted by atomic mass is 35.5. The normalized spacial score (nSPS) is 22.0. The van der Waals surface area contributed by atoms with Crippen LogP contribution in [0.2, 0.25) is 5.02 Å². The van der Waals surface area contributed by atoms with E-state index < -0.39 is 0 Å². The number of hydrogen-bond donors (Lipinski definition) is 0. The van der Waals surface area contributed by atoms with Crippen molar-refractivity contribution in [2.24, 2.45) is 0 Å². The van der Waals surface area contributed by atoms with Crippen molar-refractivity contribution in [3.05, 3.63) is 46.8 Å². The molecule has 5 heteroatoms. The Labute approximate surface area is 136 Å². The van der Waals surface area contributed by atoms with Crippen molar-refractivity contribution in [3.63, 3.8) is 0 Å². The summed E-state index contributed by atoms with van der Waals surface area (Å²) in [5.41, 5.74) is 3.92. The van der Waals surface area contributed by atoms with Gasteiger partial charge in [-0.3, -0.25) is 9.88 Å². The van der Waals surface area contributed by atoms with Crippen LogP contribution in [0.4, 0.5) is 0 Å². The fourth-order valence-corrected chi connectivity index (χ4v) is 3.83. The van der Waals surface area contributed by atoms with Crippen LogP contribution in [0.1, 0.15) is 42.4 Å². The van der Waals surface area contributed by atoms with E-state index in [1.54, 1.807) is 6.20 Å². The summed E-state index contributed by atoms with van der Waals surface area (Å²) in [7, 11) is 0. The van der Waals surface area contributed by atoms with Crippen molar-refractivity contribution in [3.8, 4) is 0 Å². The van der Waals surface area contributed by atoms with Gasteiger partial charge in [-0.05, 0) is 44.2 Å². The van der Waals surface area contributed by atoms with E-state index in [2.05, 4.69) is 25.8 Å².